The Morgan fingerprint density at radius 2 is 1.58 bits per heavy atom. The van der Waals surface area contributed by atoms with Crippen LogP contribution < -0.4 is 26.2 Å². The van der Waals surface area contributed by atoms with Crippen molar-refractivity contribution in [1.29, 1.82) is 0 Å². The third-order valence-electron chi connectivity index (χ3n) is 10.3. The lowest BCUT2D eigenvalue weighted by molar-refractivity contribution is -0.137. The minimum absolute atomic E-state index is 0.0330. The number of aromatic nitrogens is 5. The number of benzene rings is 2. The Balaban J connectivity index is 1.05. The number of anilines is 2. The van der Waals surface area contributed by atoms with Crippen molar-refractivity contribution < 1.29 is 29.3 Å². The van der Waals surface area contributed by atoms with Gasteiger partial charge in [0.05, 0.1) is 6.33 Å². The fraction of sp³-hybridized carbons (Fsp3) is 0.390. The van der Waals surface area contributed by atoms with E-state index in [-0.39, 0.29) is 48.2 Å². The molecule has 0 saturated carbocycles. The van der Waals surface area contributed by atoms with E-state index in [9.17, 15) is 24.6 Å². The lowest BCUT2D eigenvalue weighted by atomic mass is 9.91. The van der Waals surface area contributed by atoms with Crippen LogP contribution in [-0.2, 0) is 9.53 Å². The summed E-state index contributed by atoms with van der Waals surface area (Å²) in [6.07, 6.45) is -0.442. The number of piperidine rings is 1. The second kappa shape index (κ2) is 18.3. The molecule has 0 spiro atoms. The van der Waals surface area contributed by atoms with E-state index in [1.807, 2.05) is 54.6 Å². The maximum atomic E-state index is 13.7. The summed E-state index contributed by atoms with van der Waals surface area (Å²) in [6.45, 7) is 4.28. The van der Waals surface area contributed by atoms with Crippen molar-refractivity contribution in [3.05, 3.63) is 108 Å². The van der Waals surface area contributed by atoms with Gasteiger partial charge < -0.3 is 41.1 Å². The van der Waals surface area contributed by atoms with Crippen molar-refractivity contribution in [2.45, 2.75) is 69.1 Å². The smallest absolute Gasteiger partial charge is 0.315 e. The zero-order valence-corrected chi connectivity index (χ0v) is 31.7. The normalized spacial score (nSPS) is 19.8. The van der Waals surface area contributed by atoms with Crippen LogP contribution in [-0.4, -0.2) is 110 Å². The molecule has 2 aromatic carbocycles. The molecule has 298 valence electrons. The summed E-state index contributed by atoms with van der Waals surface area (Å²) < 4.78 is 7.29. The van der Waals surface area contributed by atoms with Crippen LogP contribution in [0.3, 0.4) is 0 Å². The van der Waals surface area contributed by atoms with E-state index < -0.39 is 30.4 Å². The standard InChI is InChI=1S/C41H48N10O6/c1-2-42-39(55)35-33(53)34(54)40(57-35)51-25-46-32-37(45-24-29(26-12-5-3-6-13-26)27-14-7-4-8-15-27)48-36(49-38(32)51)30(52)16-11-21-44-41(56)47-28-18-22-50(23-19-28)31-17-9-10-20-43-31/h3-10,12-15,17,20,25,28-29,33-35,40,53-54H,2,11,16,18-19,21-24H2,1H3,(H,42,55)(H2,44,47,56)(H,45,48,49)/t33-,34+,35-,40+/m0/s1. The molecule has 2 saturated heterocycles. The number of likely N-dealkylation sites (N-methyl/N-ethyl adjacent to an activating group) is 1. The molecule has 4 atom stereocenters. The van der Waals surface area contributed by atoms with E-state index in [1.165, 1.54) is 10.9 Å². The molecule has 16 nitrogen and oxygen atoms in total. The first-order valence-electron chi connectivity index (χ1n) is 19.4. The first-order valence-corrected chi connectivity index (χ1v) is 19.4. The average Bonchev–Trinajstić information content (AvgIpc) is 3.80. The molecule has 2 aliphatic heterocycles. The highest BCUT2D eigenvalue weighted by Gasteiger charge is 2.47. The van der Waals surface area contributed by atoms with Gasteiger partial charge in [0.15, 0.2) is 40.9 Å². The average molecular weight is 777 g/mol. The lowest BCUT2D eigenvalue weighted by Crippen LogP contribution is -2.48. The number of Topliss-reactive ketones (excluding diaryl/α,β-unsaturated/α-hetero) is 1. The summed E-state index contributed by atoms with van der Waals surface area (Å²) in [5.41, 5.74) is 2.62. The number of urea groups is 1. The molecule has 0 bridgehead atoms. The van der Waals surface area contributed by atoms with Crippen molar-refractivity contribution in [2.75, 3.05) is 42.9 Å². The number of ketones is 1. The molecule has 0 radical (unpaired) electrons. The predicted molar refractivity (Wildman–Crippen MR) is 213 cm³/mol. The molecule has 2 aliphatic rings. The molecular formula is C41H48N10O6. The van der Waals surface area contributed by atoms with Crippen LogP contribution in [0.1, 0.15) is 66.5 Å². The number of aliphatic hydroxyl groups excluding tert-OH is 2. The Labute approximate surface area is 330 Å². The van der Waals surface area contributed by atoms with Crippen molar-refractivity contribution in [1.82, 2.24) is 40.5 Å². The molecule has 3 aromatic heterocycles. The summed E-state index contributed by atoms with van der Waals surface area (Å²) >= 11 is 0. The molecule has 16 heteroatoms. The van der Waals surface area contributed by atoms with Crippen LogP contribution >= 0.6 is 0 Å². The van der Waals surface area contributed by atoms with Crippen LogP contribution in [0.15, 0.2) is 91.4 Å². The second-order valence-electron chi connectivity index (χ2n) is 14.2. The van der Waals surface area contributed by atoms with Crippen LogP contribution in [0.25, 0.3) is 11.2 Å². The van der Waals surface area contributed by atoms with Gasteiger partial charge in [-0.2, -0.15) is 0 Å². The molecule has 7 rings (SSSR count). The van der Waals surface area contributed by atoms with E-state index >= 15 is 0 Å². The Morgan fingerprint density at radius 3 is 2.25 bits per heavy atom. The number of fused-ring (bicyclic) bond motifs is 1. The highest BCUT2D eigenvalue weighted by Crippen LogP contribution is 2.33. The monoisotopic (exact) mass is 776 g/mol. The Bertz CT molecular complexity index is 2070. The third kappa shape index (κ3) is 9.20. The molecule has 0 aliphatic carbocycles. The number of nitrogens with one attached hydrogen (secondary N) is 4. The number of pyridine rings is 1. The van der Waals surface area contributed by atoms with E-state index in [2.05, 4.69) is 70.4 Å². The molecule has 5 heterocycles. The molecule has 5 aromatic rings. The van der Waals surface area contributed by atoms with Crippen molar-refractivity contribution in [3.8, 4) is 0 Å². The summed E-state index contributed by atoms with van der Waals surface area (Å²) in [6, 6.07) is 25.6. The van der Waals surface area contributed by atoms with Crippen LogP contribution in [0, 0.1) is 0 Å². The number of amides is 3. The zero-order valence-electron chi connectivity index (χ0n) is 31.7. The van der Waals surface area contributed by atoms with E-state index in [4.69, 9.17) is 4.74 Å². The Hall–Kier alpha value is -5.97. The van der Waals surface area contributed by atoms with Gasteiger partial charge in [0.2, 0.25) is 0 Å². The minimum atomic E-state index is -1.51. The highest BCUT2D eigenvalue weighted by molar-refractivity contribution is 5.96. The molecule has 57 heavy (non-hydrogen) atoms. The summed E-state index contributed by atoms with van der Waals surface area (Å²) in [4.78, 5) is 59.5. The number of rotatable bonds is 15. The molecule has 0 unspecified atom stereocenters. The van der Waals surface area contributed by atoms with Gasteiger partial charge in [-0.1, -0.05) is 66.7 Å². The van der Waals surface area contributed by atoms with E-state index in [1.54, 1.807) is 13.1 Å². The fourth-order valence-corrected chi connectivity index (χ4v) is 7.32. The van der Waals surface area contributed by atoms with Gasteiger partial charge in [0.25, 0.3) is 5.91 Å². The molecular weight excluding hydrogens is 729 g/mol. The predicted octanol–water partition coefficient (Wildman–Crippen LogP) is 3.15. The molecule has 3 amide bonds. The van der Waals surface area contributed by atoms with Gasteiger partial charge in [0, 0.05) is 57.3 Å². The van der Waals surface area contributed by atoms with Gasteiger partial charge >= 0.3 is 6.03 Å². The number of hydrogen-bond acceptors (Lipinski definition) is 12. The van der Waals surface area contributed by atoms with Crippen molar-refractivity contribution in [3.63, 3.8) is 0 Å². The van der Waals surface area contributed by atoms with Gasteiger partial charge in [-0.25, -0.2) is 24.7 Å². The summed E-state index contributed by atoms with van der Waals surface area (Å²) in [7, 11) is 0. The van der Waals surface area contributed by atoms with E-state index in [0.717, 1.165) is 42.9 Å². The van der Waals surface area contributed by atoms with Gasteiger partial charge in [-0.15, -0.1) is 0 Å². The number of carbonyl (C=O) groups excluding carboxylic acids is 3. The number of aliphatic hydroxyl groups is 2. The number of nitrogens with zero attached hydrogens (tertiary/aromatic N) is 6. The van der Waals surface area contributed by atoms with Crippen molar-refractivity contribution >= 4 is 40.5 Å². The number of ether oxygens (including phenoxy) is 1. The Kier molecular flexibility index (Phi) is 12.6. The Morgan fingerprint density at radius 1 is 0.877 bits per heavy atom. The largest absolute Gasteiger partial charge is 0.387 e. The molecule has 2 fully saturated rings. The van der Waals surface area contributed by atoms with Crippen molar-refractivity contribution in [2.24, 2.45) is 0 Å². The van der Waals surface area contributed by atoms with Crippen LogP contribution in [0.2, 0.25) is 0 Å². The lowest BCUT2D eigenvalue weighted by Gasteiger charge is -2.33. The SMILES string of the molecule is CCNC(=O)[C@H]1O[C@@H](n2cnc3c(NCC(c4ccccc4)c4ccccc4)nc(C(=O)CCCNC(=O)NC4CCN(c5ccccn5)CC4)nc32)[C@H](O)[C@@H]1O. The van der Waals surface area contributed by atoms with Crippen LogP contribution in [0.4, 0.5) is 16.4 Å². The number of hydrogen-bond donors (Lipinski definition) is 6. The van der Waals surface area contributed by atoms with Gasteiger partial charge in [-0.05, 0) is 49.4 Å². The molecule has 6 N–H and O–H groups in total. The topological polar surface area (TPSA) is 209 Å². The first-order chi connectivity index (χ1) is 27.8. The quantitative estimate of drug-likeness (QED) is 0.0670. The minimum Gasteiger partial charge on any atom is -0.387 e. The third-order valence-corrected chi connectivity index (χ3v) is 10.3. The summed E-state index contributed by atoms with van der Waals surface area (Å²) in [5.74, 6) is 0.103. The van der Waals surface area contributed by atoms with Gasteiger partial charge in [0.1, 0.15) is 18.0 Å². The fourth-order valence-electron chi connectivity index (χ4n) is 7.32. The summed E-state index contributed by atoms with van der Waals surface area (Å²) in [5, 5.41) is 33.7. The number of imidazole rings is 1. The van der Waals surface area contributed by atoms with Crippen LogP contribution in [0.5, 0.6) is 0 Å². The number of carbonyl (C=O) groups is 3. The maximum absolute atomic E-state index is 13.7. The van der Waals surface area contributed by atoms with Gasteiger partial charge in [-0.3, -0.25) is 14.2 Å². The highest BCUT2D eigenvalue weighted by atomic mass is 16.6. The van der Waals surface area contributed by atoms with E-state index in [0.29, 0.717) is 30.8 Å². The maximum Gasteiger partial charge on any atom is 0.315 e. The first kappa shape index (κ1) is 39.3. The zero-order chi connectivity index (χ0) is 39.7. The second-order valence-corrected chi connectivity index (χ2v) is 14.2.